The minimum atomic E-state index is -3.44. The van der Waals surface area contributed by atoms with Gasteiger partial charge in [-0.2, -0.15) is 0 Å². The molecule has 1 rings (SSSR count). The highest BCUT2D eigenvalue weighted by atomic mass is 32.2. The average Bonchev–Trinajstić information content (AvgIpc) is 2.27. The molecule has 0 fully saturated rings. The first-order valence-corrected chi connectivity index (χ1v) is 6.97. The summed E-state index contributed by atoms with van der Waals surface area (Å²) < 4.78 is 26.5. The van der Waals surface area contributed by atoms with E-state index in [2.05, 4.69) is 9.71 Å². The summed E-state index contributed by atoms with van der Waals surface area (Å²) >= 11 is 0. The molecule has 1 aromatic rings. The molecule has 1 N–H and O–H groups in total. The first-order chi connectivity index (χ1) is 7.92. The van der Waals surface area contributed by atoms with Crippen LogP contribution in [0.3, 0.4) is 0 Å². The fourth-order valence-corrected chi connectivity index (χ4v) is 2.59. The van der Waals surface area contributed by atoms with Gasteiger partial charge in [-0.15, -0.1) is 0 Å². The Kier molecular flexibility index (Phi) is 5.04. The van der Waals surface area contributed by atoms with Crippen molar-refractivity contribution in [2.45, 2.75) is 24.3 Å². The molecule has 6 heteroatoms. The summed E-state index contributed by atoms with van der Waals surface area (Å²) in [5.74, 6) is 0. The SMILES string of the molecule is CC(CCN(C)C)NS(=O)(=O)c1cccnc1. The van der Waals surface area contributed by atoms with Gasteiger partial charge in [-0.3, -0.25) is 4.98 Å². The van der Waals surface area contributed by atoms with E-state index in [0.717, 1.165) is 13.0 Å². The Morgan fingerprint density at radius 2 is 2.18 bits per heavy atom. The predicted molar refractivity (Wildman–Crippen MR) is 67.2 cm³/mol. The fourth-order valence-electron chi connectivity index (χ4n) is 1.35. The summed E-state index contributed by atoms with van der Waals surface area (Å²) in [7, 11) is 0.483. The van der Waals surface area contributed by atoms with Crippen molar-refractivity contribution < 1.29 is 8.42 Å². The Balaban J connectivity index is 2.62. The molecule has 0 amide bonds. The third-order valence-corrected chi connectivity index (χ3v) is 3.89. The smallest absolute Gasteiger partial charge is 0.242 e. The van der Waals surface area contributed by atoms with E-state index >= 15 is 0 Å². The lowest BCUT2D eigenvalue weighted by Gasteiger charge is -2.16. The summed E-state index contributed by atoms with van der Waals surface area (Å²) in [5, 5.41) is 0. The Hall–Kier alpha value is -0.980. The van der Waals surface area contributed by atoms with Crippen LogP contribution in [0.4, 0.5) is 0 Å². The lowest BCUT2D eigenvalue weighted by molar-refractivity contribution is 0.379. The van der Waals surface area contributed by atoms with Crippen LogP contribution in [0.1, 0.15) is 13.3 Å². The number of hydrogen-bond acceptors (Lipinski definition) is 4. The zero-order chi connectivity index (χ0) is 12.9. The number of nitrogens with zero attached hydrogens (tertiary/aromatic N) is 2. The fraction of sp³-hybridized carbons (Fsp3) is 0.545. The van der Waals surface area contributed by atoms with E-state index in [0.29, 0.717) is 0 Å². The maximum atomic E-state index is 11.9. The van der Waals surface area contributed by atoms with E-state index in [4.69, 9.17) is 0 Å². The van der Waals surface area contributed by atoms with Crippen LogP contribution in [0.15, 0.2) is 29.4 Å². The number of sulfonamides is 1. The monoisotopic (exact) mass is 257 g/mol. The Morgan fingerprint density at radius 1 is 1.47 bits per heavy atom. The summed E-state index contributed by atoms with van der Waals surface area (Å²) in [4.78, 5) is 6.03. The van der Waals surface area contributed by atoms with Crippen LogP contribution >= 0.6 is 0 Å². The molecule has 5 nitrogen and oxygen atoms in total. The second-order valence-corrected chi connectivity index (χ2v) is 6.02. The van der Waals surface area contributed by atoms with Gasteiger partial charge in [0.1, 0.15) is 4.90 Å². The topological polar surface area (TPSA) is 62.3 Å². The molecular weight excluding hydrogens is 238 g/mol. The summed E-state index contributed by atoms with van der Waals surface area (Å²) in [5.41, 5.74) is 0. The molecule has 0 aliphatic rings. The number of rotatable bonds is 6. The van der Waals surface area contributed by atoms with Crippen LogP contribution in [0, 0.1) is 0 Å². The van der Waals surface area contributed by atoms with Crippen molar-refractivity contribution in [1.29, 1.82) is 0 Å². The second kappa shape index (κ2) is 6.09. The largest absolute Gasteiger partial charge is 0.309 e. The predicted octanol–water partition coefficient (Wildman–Crippen LogP) is 0.700. The van der Waals surface area contributed by atoms with Gasteiger partial charge < -0.3 is 4.90 Å². The van der Waals surface area contributed by atoms with Crippen LogP contribution in [0.5, 0.6) is 0 Å². The van der Waals surface area contributed by atoms with Gasteiger partial charge in [-0.1, -0.05) is 0 Å². The quantitative estimate of drug-likeness (QED) is 0.815. The first kappa shape index (κ1) is 14.1. The van der Waals surface area contributed by atoms with Crippen LogP contribution in [0.2, 0.25) is 0 Å². The molecule has 0 spiro atoms. The zero-order valence-electron chi connectivity index (χ0n) is 10.4. The van der Waals surface area contributed by atoms with E-state index in [-0.39, 0.29) is 10.9 Å². The highest BCUT2D eigenvalue weighted by Gasteiger charge is 2.16. The molecule has 0 saturated carbocycles. The molecule has 0 saturated heterocycles. The highest BCUT2D eigenvalue weighted by molar-refractivity contribution is 7.89. The van der Waals surface area contributed by atoms with E-state index in [1.54, 1.807) is 12.3 Å². The van der Waals surface area contributed by atoms with Gasteiger partial charge in [0.05, 0.1) is 0 Å². The van der Waals surface area contributed by atoms with Gasteiger partial charge in [0.15, 0.2) is 0 Å². The van der Waals surface area contributed by atoms with Crippen molar-refractivity contribution >= 4 is 10.0 Å². The first-order valence-electron chi connectivity index (χ1n) is 5.49. The molecule has 1 heterocycles. The standard InChI is InChI=1S/C11H19N3O2S/c1-10(6-8-14(2)3)13-17(15,16)11-5-4-7-12-9-11/h4-5,7,9-10,13H,6,8H2,1-3H3. The van der Waals surface area contributed by atoms with Crippen LogP contribution in [-0.2, 0) is 10.0 Å². The molecule has 1 unspecified atom stereocenters. The van der Waals surface area contributed by atoms with Gasteiger partial charge in [-0.25, -0.2) is 13.1 Å². The van der Waals surface area contributed by atoms with E-state index in [1.807, 2.05) is 25.9 Å². The molecule has 0 radical (unpaired) electrons. The summed E-state index contributed by atoms with van der Waals surface area (Å²) in [6.45, 7) is 2.70. The Morgan fingerprint density at radius 3 is 2.71 bits per heavy atom. The molecule has 96 valence electrons. The normalized spacial score (nSPS) is 13.9. The Bertz CT molecular complexity index is 431. The number of pyridine rings is 1. The molecule has 1 aromatic heterocycles. The molecule has 0 aromatic carbocycles. The van der Waals surface area contributed by atoms with Gasteiger partial charge >= 0.3 is 0 Å². The average molecular weight is 257 g/mol. The van der Waals surface area contributed by atoms with Crippen molar-refractivity contribution in [2.75, 3.05) is 20.6 Å². The molecule has 1 atom stereocenters. The van der Waals surface area contributed by atoms with Gasteiger partial charge in [0.2, 0.25) is 10.0 Å². The van der Waals surface area contributed by atoms with Crippen LogP contribution in [-0.4, -0.2) is 45.0 Å². The Labute approximate surface area is 103 Å². The van der Waals surface area contributed by atoms with Gasteiger partial charge in [0, 0.05) is 18.4 Å². The van der Waals surface area contributed by atoms with Crippen molar-refractivity contribution in [1.82, 2.24) is 14.6 Å². The zero-order valence-corrected chi connectivity index (χ0v) is 11.2. The third kappa shape index (κ3) is 4.80. The van der Waals surface area contributed by atoms with Crippen molar-refractivity contribution in [3.05, 3.63) is 24.5 Å². The lowest BCUT2D eigenvalue weighted by Crippen LogP contribution is -2.34. The summed E-state index contributed by atoms with van der Waals surface area (Å²) in [6.07, 6.45) is 3.67. The van der Waals surface area contributed by atoms with Gasteiger partial charge in [-0.05, 0) is 46.1 Å². The minimum Gasteiger partial charge on any atom is -0.309 e. The number of hydrogen-bond donors (Lipinski definition) is 1. The number of aromatic nitrogens is 1. The maximum absolute atomic E-state index is 11.9. The van der Waals surface area contributed by atoms with Crippen molar-refractivity contribution in [3.8, 4) is 0 Å². The lowest BCUT2D eigenvalue weighted by atomic mass is 10.2. The van der Waals surface area contributed by atoms with E-state index in [1.165, 1.54) is 12.3 Å². The molecule has 0 bridgehead atoms. The second-order valence-electron chi connectivity index (χ2n) is 4.30. The molecular formula is C11H19N3O2S. The minimum absolute atomic E-state index is 0.0948. The maximum Gasteiger partial charge on any atom is 0.242 e. The number of nitrogens with one attached hydrogen (secondary N) is 1. The molecule has 17 heavy (non-hydrogen) atoms. The summed E-state index contributed by atoms with van der Waals surface area (Å²) in [6, 6.07) is 3.05. The highest BCUT2D eigenvalue weighted by Crippen LogP contribution is 2.07. The molecule has 0 aliphatic heterocycles. The van der Waals surface area contributed by atoms with E-state index < -0.39 is 10.0 Å². The molecule has 0 aliphatic carbocycles. The van der Waals surface area contributed by atoms with Crippen molar-refractivity contribution in [3.63, 3.8) is 0 Å². The van der Waals surface area contributed by atoms with Crippen LogP contribution < -0.4 is 4.72 Å². The third-order valence-electron chi connectivity index (χ3n) is 2.31. The van der Waals surface area contributed by atoms with Crippen LogP contribution in [0.25, 0.3) is 0 Å². The van der Waals surface area contributed by atoms with Crippen molar-refractivity contribution in [2.24, 2.45) is 0 Å². The van der Waals surface area contributed by atoms with E-state index in [9.17, 15) is 8.42 Å². The van der Waals surface area contributed by atoms with Gasteiger partial charge in [0.25, 0.3) is 0 Å².